The van der Waals surface area contributed by atoms with Gasteiger partial charge < -0.3 is 15.0 Å². The second-order valence-electron chi connectivity index (χ2n) is 6.37. The topological polar surface area (TPSA) is 76.5 Å². The molecule has 1 fully saturated rings. The fourth-order valence-corrected chi connectivity index (χ4v) is 3.18. The third-order valence-corrected chi connectivity index (χ3v) is 4.40. The Kier molecular flexibility index (Phi) is 5.41. The van der Waals surface area contributed by atoms with Crippen LogP contribution in [0.1, 0.15) is 49.5 Å². The molecule has 1 N–H and O–H groups in total. The summed E-state index contributed by atoms with van der Waals surface area (Å²) < 4.78 is 7.10. The van der Waals surface area contributed by atoms with Crippen LogP contribution in [0.3, 0.4) is 0 Å². The molecule has 0 radical (unpaired) electrons. The standard InChI is InChI=1S/C16H26N4O3/c1-12(2)20-10-13(9-18-20)15(22)19-7-5-6-16(19,11-23-4)8-14(21)17-3/h9-10,12H,5-8,11H2,1-4H3,(H,17,21). The third kappa shape index (κ3) is 3.55. The number of hydrogen-bond acceptors (Lipinski definition) is 4. The fraction of sp³-hybridized carbons (Fsp3) is 0.688. The highest BCUT2D eigenvalue weighted by Crippen LogP contribution is 2.34. The van der Waals surface area contributed by atoms with E-state index in [0.717, 1.165) is 12.8 Å². The molecule has 128 valence electrons. The zero-order valence-corrected chi connectivity index (χ0v) is 14.3. The van der Waals surface area contributed by atoms with Gasteiger partial charge in [0, 0.05) is 32.9 Å². The van der Waals surface area contributed by atoms with E-state index in [0.29, 0.717) is 18.7 Å². The van der Waals surface area contributed by atoms with Crippen molar-refractivity contribution in [1.29, 1.82) is 0 Å². The van der Waals surface area contributed by atoms with Crippen LogP contribution in [-0.2, 0) is 9.53 Å². The molecule has 0 aliphatic carbocycles. The van der Waals surface area contributed by atoms with Gasteiger partial charge in [-0.2, -0.15) is 5.10 Å². The van der Waals surface area contributed by atoms with E-state index in [4.69, 9.17) is 4.74 Å². The molecular weight excluding hydrogens is 296 g/mol. The van der Waals surface area contributed by atoms with E-state index in [1.165, 1.54) is 0 Å². The minimum absolute atomic E-state index is 0.0837. The van der Waals surface area contributed by atoms with Crippen molar-refractivity contribution in [2.75, 3.05) is 27.3 Å². The maximum Gasteiger partial charge on any atom is 0.257 e. The second kappa shape index (κ2) is 7.12. The molecule has 2 heterocycles. The van der Waals surface area contributed by atoms with Crippen LogP contribution in [0.4, 0.5) is 0 Å². The lowest BCUT2D eigenvalue weighted by molar-refractivity contribution is -0.123. The quantitative estimate of drug-likeness (QED) is 0.854. The maximum absolute atomic E-state index is 12.9. The van der Waals surface area contributed by atoms with Crippen molar-refractivity contribution >= 4 is 11.8 Å². The SMILES string of the molecule is CNC(=O)CC1(COC)CCCN1C(=O)c1cnn(C(C)C)c1. The third-order valence-electron chi connectivity index (χ3n) is 4.40. The van der Waals surface area contributed by atoms with Crippen LogP contribution in [0, 0.1) is 0 Å². The van der Waals surface area contributed by atoms with Crippen molar-refractivity contribution in [2.24, 2.45) is 0 Å². The van der Waals surface area contributed by atoms with Crippen LogP contribution in [-0.4, -0.2) is 59.3 Å². The van der Waals surface area contributed by atoms with E-state index in [1.54, 1.807) is 36.1 Å². The average Bonchev–Trinajstić information content (AvgIpc) is 3.14. The van der Waals surface area contributed by atoms with Crippen LogP contribution in [0.15, 0.2) is 12.4 Å². The molecule has 1 aromatic rings. The number of carbonyl (C=O) groups is 2. The van der Waals surface area contributed by atoms with Crippen molar-refractivity contribution in [1.82, 2.24) is 20.0 Å². The van der Waals surface area contributed by atoms with Gasteiger partial charge in [-0.3, -0.25) is 14.3 Å². The Bertz CT molecular complexity index is 569. The number of aromatic nitrogens is 2. The molecule has 2 rings (SSSR count). The minimum Gasteiger partial charge on any atom is -0.382 e. The summed E-state index contributed by atoms with van der Waals surface area (Å²) in [5.41, 5.74) is -0.0238. The molecule has 1 aliphatic heterocycles. The van der Waals surface area contributed by atoms with Gasteiger partial charge in [-0.25, -0.2) is 0 Å². The lowest BCUT2D eigenvalue weighted by Crippen LogP contribution is -2.52. The monoisotopic (exact) mass is 322 g/mol. The lowest BCUT2D eigenvalue weighted by Gasteiger charge is -2.37. The molecule has 0 aromatic carbocycles. The summed E-state index contributed by atoms with van der Waals surface area (Å²) in [5.74, 6) is -0.171. The molecule has 1 aliphatic rings. The molecule has 1 aromatic heterocycles. The van der Waals surface area contributed by atoms with Gasteiger partial charge in [-0.1, -0.05) is 0 Å². The highest BCUT2D eigenvalue weighted by molar-refractivity contribution is 5.95. The number of nitrogens with one attached hydrogen (secondary N) is 1. The van der Waals surface area contributed by atoms with Crippen molar-refractivity contribution in [3.8, 4) is 0 Å². The van der Waals surface area contributed by atoms with Crippen LogP contribution in [0.2, 0.25) is 0 Å². The minimum atomic E-state index is -0.578. The summed E-state index contributed by atoms with van der Waals surface area (Å²) in [7, 11) is 3.21. The van der Waals surface area contributed by atoms with E-state index in [-0.39, 0.29) is 24.3 Å². The molecule has 0 bridgehead atoms. The van der Waals surface area contributed by atoms with Gasteiger partial charge >= 0.3 is 0 Å². The number of nitrogens with zero attached hydrogens (tertiary/aromatic N) is 3. The van der Waals surface area contributed by atoms with Crippen LogP contribution in [0.5, 0.6) is 0 Å². The van der Waals surface area contributed by atoms with E-state index < -0.39 is 5.54 Å². The smallest absolute Gasteiger partial charge is 0.257 e. The largest absolute Gasteiger partial charge is 0.382 e. The zero-order valence-electron chi connectivity index (χ0n) is 14.3. The number of likely N-dealkylation sites (tertiary alicyclic amines) is 1. The zero-order chi connectivity index (χ0) is 17.0. The number of rotatable bonds is 6. The summed E-state index contributed by atoms with van der Waals surface area (Å²) in [6.07, 6.45) is 5.24. The first kappa shape index (κ1) is 17.5. The van der Waals surface area contributed by atoms with Crippen molar-refractivity contribution < 1.29 is 14.3 Å². The second-order valence-corrected chi connectivity index (χ2v) is 6.37. The van der Waals surface area contributed by atoms with E-state index in [1.807, 2.05) is 13.8 Å². The van der Waals surface area contributed by atoms with Crippen molar-refractivity contribution in [3.63, 3.8) is 0 Å². The van der Waals surface area contributed by atoms with Gasteiger partial charge in [0.2, 0.25) is 5.91 Å². The molecule has 2 amide bonds. The summed E-state index contributed by atoms with van der Waals surface area (Å²) in [5, 5.41) is 6.88. The number of methoxy groups -OCH3 is 1. The van der Waals surface area contributed by atoms with Crippen LogP contribution < -0.4 is 5.32 Å². The number of amides is 2. The van der Waals surface area contributed by atoms with Crippen LogP contribution >= 0.6 is 0 Å². The average molecular weight is 322 g/mol. The highest BCUT2D eigenvalue weighted by atomic mass is 16.5. The molecule has 1 atom stereocenters. The maximum atomic E-state index is 12.9. The Morgan fingerprint density at radius 2 is 2.22 bits per heavy atom. The molecule has 7 heteroatoms. The lowest BCUT2D eigenvalue weighted by atomic mass is 9.92. The molecule has 0 saturated carbocycles. The summed E-state index contributed by atoms with van der Waals surface area (Å²) in [4.78, 5) is 26.6. The Morgan fingerprint density at radius 3 is 2.78 bits per heavy atom. The number of hydrogen-bond donors (Lipinski definition) is 1. The molecule has 0 spiro atoms. The first-order valence-electron chi connectivity index (χ1n) is 7.99. The summed E-state index contributed by atoms with van der Waals surface area (Å²) in [6, 6.07) is 0.199. The van der Waals surface area contributed by atoms with Gasteiger partial charge in [0.15, 0.2) is 0 Å². The Balaban J connectivity index is 2.26. The van der Waals surface area contributed by atoms with Gasteiger partial charge in [-0.15, -0.1) is 0 Å². The van der Waals surface area contributed by atoms with Crippen molar-refractivity contribution in [3.05, 3.63) is 18.0 Å². The molecule has 7 nitrogen and oxygen atoms in total. The van der Waals surface area contributed by atoms with Gasteiger partial charge in [-0.05, 0) is 26.7 Å². The van der Waals surface area contributed by atoms with Crippen LogP contribution in [0.25, 0.3) is 0 Å². The van der Waals surface area contributed by atoms with Gasteiger partial charge in [0.05, 0.1) is 30.3 Å². The molecule has 1 saturated heterocycles. The number of ether oxygens (including phenoxy) is 1. The predicted molar refractivity (Wildman–Crippen MR) is 86.2 cm³/mol. The fourth-order valence-electron chi connectivity index (χ4n) is 3.18. The van der Waals surface area contributed by atoms with E-state index >= 15 is 0 Å². The summed E-state index contributed by atoms with van der Waals surface area (Å²) in [6.45, 7) is 5.01. The number of carbonyl (C=O) groups excluding carboxylic acids is 2. The molecular formula is C16H26N4O3. The Labute approximate surface area is 137 Å². The summed E-state index contributed by atoms with van der Waals surface area (Å²) >= 11 is 0. The van der Waals surface area contributed by atoms with Gasteiger partial charge in [0.25, 0.3) is 5.91 Å². The van der Waals surface area contributed by atoms with Gasteiger partial charge in [0.1, 0.15) is 0 Å². The van der Waals surface area contributed by atoms with E-state index in [2.05, 4.69) is 10.4 Å². The Morgan fingerprint density at radius 1 is 1.48 bits per heavy atom. The first-order valence-corrected chi connectivity index (χ1v) is 7.99. The molecule has 1 unspecified atom stereocenters. The normalized spacial score (nSPS) is 21.0. The Hall–Kier alpha value is -1.89. The first-order chi connectivity index (χ1) is 10.9. The highest BCUT2D eigenvalue weighted by Gasteiger charge is 2.45. The molecule has 23 heavy (non-hydrogen) atoms. The van der Waals surface area contributed by atoms with Crippen molar-refractivity contribution in [2.45, 2.75) is 44.7 Å². The van der Waals surface area contributed by atoms with E-state index in [9.17, 15) is 9.59 Å². The predicted octanol–water partition coefficient (Wildman–Crippen LogP) is 1.22.